The zero-order chi connectivity index (χ0) is 9.50. The maximum absolute atomic E-state index is 3.12. The summed E-state index contributed by atoms with van der Waals surface area (Å²) in [5, 5.41) is 0. The van der Waals surface area contributed by atoms with E-state index in [2.05, 4.69) is 56.4 Å². The van der Waals surface area contributed by atoms with Crippen molar-refractivity contribution >= 4 is 39.7 Å². The molecule has 0 aliphatic heterocycles. The monoisotopic (exact) mass is 358 g/mol. The second-order valence-corrected chi connectivity index (χ2v) is 21.2. The van der Waals surface area contributed by atoms with E-state index in [1.54, 1.807) is 0 Å². The van der Waals surface area contributed by atoms with Crippen molar-refractivity contribution in [1.29, 1.82) is 0 Å². The Hall–Kier alpha value is 2.10. The summed E-state index contributed by atoms with van der Waals surface area (Å²) in [5.74, 6) is 0. The fraction of sp³-hybridized carbons (Fsp3) is 1.00. The third-order valence-electron chi connectivity index (χ3n) is 1.57. The molecule has 0 aromatic carbocycles. The Morgan fingerprint density at radius 1 is 0.692 bits per heavy atom. The average Bonchev–Trinajstić information content (AvgIpc) is 1.58. The van der Waals surface area contributed by atoms with Gasteiger partial charge in [0.05, 0.1) is 0 Å². The fourth-order valence-electron chi connectivity index (χ4n) is 0.712. The van der Waals surface area contributed by atoms with E-state index < -0.39 is 14.5 Å². The van der Waals surface area contributed by atoms with Gasteiger partial charge >= 0.3 is 78.7 Å². The Labute approximate surface area is 103 Å². The first kappa shape index (κ1) is 20.5. The molecular weight excluding hydrogens is 335 g/mol. The van der Waals surface area contributed by atoms with E-state index in [1.807, 2.05) is 0 Å². The van der Waals surface area contributed by atoms with Gasteiger partial charge in [-0.2, -0.15) is 0 Å². The van der Waals surface area contributed by atoms with Gasteiger partial charge in [-0.15, -0.1) is 24.8 Å². The van der Waals surface area contributed by atoms with Crippen LogP contribution in [-0.4, -0.2) is 0 Å². The molecule has 0 N–H and O–H groups in total. The summed E-state index contributed by atoms with van der Waals surface area (Å²) in [6.45, 7) is 14.1. The zero-order valence-corrected chi connectivity index (χ0v) is 14.8. The standard InChI is InChI=1S/2C4H9.2ClH.2H2P.Pd/c2*1-4(2)3;;;;;/h2*1-3H3;2*1H;2*1H2;/q;;;;2*-1;+2. The molecule has 90 valence electrons. The molecular formula is C8H24Cl2P2Pd. The van der Waals surface area contributed by atoms with Crippen molar-refractivity contribution in [2.45, 2.75) is 49.3 Å². The van der Waals surface area contributed by atoms with Gasteiger partial charge in [0.2, 0.25) is 0 Å². The molecule has 0 nitrogen and oxygen atoms in total. The van der Waals surface area contributed by atoms with E-state index in [9.17, 15) is 0 Å². The molecule has 0 spiro atoms. The van der Waals surface area contributed by atoms with Crippen molar-refractivity contribution in [3.05, 3.63) is 0 Å². The van der Waals surface area contributed by atoms with Crippen molar-refractivity contribution in [2.75, 3.05) is 0 Å². The summed E-state index contributed by atoms with van der Waals surface area (Å²) >= 11 is -1.39. The van der Waals surface area contributed by atoms with Gasteiger partial charge in [-0.05, 0) is 0 Å². The van der Waals surface area contributed by atoms with Gasteiger partial charge in [0.15, 0.2) is 0 Å². The molecule has 0 aliphatic rings. The van der Waals surface area contributed by atoms with Gasteiger partial charge in [0.25, 0.3) is 0 Å². The third-order valence-corrected chi connectivity index (χ3v) is 22.2. The Morgan fingerprint density at radius 3 is 0.846 bits per heavy atom. The van der Waals surface area contributed by atoms with Crippen LogP contribution in [0.25, 0.3) is 0 Å². The maximum atomic E-state index is 3.12. The Morgan fingerprint density at radius 2 is 0.846 bits per heavy atom. The smallest absolute Gasteiger partial charge is 0.147 e. The molecule has 2 atom stereocenters. The average molecular weight is 360 g/mol. The second-order valence-electron chi connectivity index (χ2n) is 4.50. The van der Waals surface area contributed by atoms with Crippen LogP contribution < -0.4 is 0 Å². The predicted molar refractivity (Wildman–Crippen MR) is 73.3 cm³/mol. The molecule has 0 aromatic rings. The second kappa shape index (κ2) is 5.99. The molecule has 0 aliphatic carbocycles. The summed E-state index contributed by atoms with van der Waals surface area (Å²) in [6, 6.07) is 0. The summed E-state index contributed by atoms with van der Waals surface area (Å²) in [5.41, 5.74) is 0. The fourth-order valence-corrected chi connectivity index (χ4v) is 4.21. The molecule has 0 fully saturated rings. The molecule has 0 heterocycles. The van der Waals surface area contributed by atoms with E-state index in [0.717, 1.165) is 0 Å². The molecule has 0 saturated carbocycles. The van der Waals surface area contributed by atoms with Gasteiger partial charge in [0.1, 0.15) is 0 Å². The minimum Gasteiger partial charge on any atom is -0.147 e. The molecule has 0 rings (SSSR count). The normalized spacial score (nSPS) is 14.2. The van der Waals surface area contributed by atoms with Crippen LogP contribution in [0.15, 0.2) is 0 Å². The summed E-state index contributed by atoms with van der Waals surface area (Å²) in [4.78, 5) is 0. The molecule has 0 amide bonds. The van der Waals surface area contributed by atoms with Crippen LogP contribution in [0.4, 0.5) is 0 Å². The Balaban J connectivity index is -0.000000500. The number of halogens is 2. The molecule has 0 bridgehead atoms. The van der Waals surface area contributed by atoms with Crippen molar-refractivity contribution < 1.29 is 14.5 Å². The van der Waals surface area contributed by atoms with Gasteiger partial charge < -0.3 is 0 Å². The predicted octanol–water partition coefficient (Wildman–Crippen LogP) is 5.00. The molecule has 0 radical (unpaired) electrons. The molecule has 5 heteroatoms. The van der Waals surface area contributed by atoms with Crippen molar-refractivity contribution in [1.82, 2.24) is 0 Å². The largest absolute Gasteiger partial charge is 0.147 e. The molecule has 0 aromatic heterocycles. The molecule has 0 saturated heterocycles. The van der Waals surface area contributed by atoms with Crippen molar-refractivity contribution in [3.8, 4) is 0 Å². The first-order chi connectivity index (χ1) is 4.50. The first-order valence-electron chi connectivity index (χ1n) is 3.68. The minimum absolute atomic E-state index is 0. The molecule has 2 unspecified atom stereocenters. The van der Waals surface area contributed by atoms with Crippen molar-refractivity contribution in [3.63, 3.8) is 0 Å². The number of rotatable bonds is 0. The maximum Gasteiger partial charge on any atom is -0.147 e. The Kier molecular flexibility index (Phi) is 9.45. The van der Waals surface area contributed by atoms with Crippen LogP contribution >= 0.6 is 39.7 Å². The summed E-state index contributed by atoms with van der Waals surface area (Å²) < 4.78 is 0.912. The van der Waals surface area contributed by atoms with Crippen LogP contribution in [0, 0.1) is 0 Å². The van der Waals surface area contributed by atoms with Crippen molar-refractivity contribution in [2.24, 2.45) is 0 Å². The van der Waals surface area contributed by atoms with Crippen LogP contribution in [0.3, 0.4) is 0 Å². The third kappa shape index (κ3) is 5.11. The summed E-state index contributed by atoms with van der Waals surface area (Å²) in [7, 11) is 6.24. The van der Waals surface area contributed by atoms with Crippen LogP contribution in [-0.2, 0) is 14.5 Å². The number of hydrogen-bond acceptors (Lipinski definition) is 0. The minimum atomic E-state index is -1.39. The molecule has 13 heavy (non-hydrogen) atoms. The number of hydrogen-bond donors (Lipinski definition) is 0. The van der Waals surface area contributed by atoms with Gasteiger partial charge in [-0.3, -0.25) is 0 Å². The SMILES string of the molecule is C[C](C)(C)[Pd]([PH2])([PH2])[C](C)(C)C.Cl.Cl. The van der Waals surface area contributed by atoms with Gasteiger partial charge in [0, 0.05) is 0 Å². The van der Waals surface area contributed by atoms with E-state index >= 15 is 0 Å². The van der Waals surface area contributed by atoms with Crippen LogP contribution in [0.2, 0.25) is 7.78 Å². The van der Waals surface area contributed by atoms with Crippen LogP contribution in [0.1, 0.15) is 41.5 Å². The van der Waals surface area contributed by atoms with Gasteiger partial charge in [-0.25, -0.2) is 0 Å². The quantitative estimate of drug-likeness (QED) is 0.422. The van der Waals surface area contributed by atoms with Gasteiger partial charge in [-0.1, -0.05) is 0 Å². The zero-order valence-electron chi connectivity index (χ0n) is 9.29. The van der Waals surface area contributed by atoms with Crippen LogP contribution in [0.5, 0.6) is 0 Å². The topological polar surface area (TPSA) is 0 Å². The van der Waals surface area contributed by atoms with E-state index in [1.165, 1.54) is 0 Å². The Bertz CT molecular complexity index is 131. The van der Waals surface area contributed by atoms with E-state index in [4.69, 9.17) is 0 Å². The van der Waals surface area contributed by atoms with E-state index in [-0.39, 0.29) is 24.8 Å². The summed E-state index contributed by atoms with van der Waals surface area (Å²) in [6.07, 6.45) is 0. The first-order valence-corrected chi connectivity index (χ1v) is 11.4. The van der Waals surface area contributed by atoms with E-state index in [0.29, 0.717) is 7.78 Å².